The van der Waals surface area contributed by atoms with Crippen LogP contribution in [0.1, 0.15) is 5.69 Å². The van der Waals surface area contributed by atoms with Crippen LogP contribution in [-0.4, -0.2) is 17.1 Å². The first-order valence-electron chi connectivity index (χ1n) is 9.04. The van der Waals surface area contributed by atoms with Gasteiger partial charge in [-0.3, -0.25) is 4.79 Å². The van der Waals surface area contributed by atoms with Gasteiger partial charge in [0.15, 0.2) is 5.58 Å². The van der Waals surface area contributed by atoms with Crippen molar-refractivity contribution in [3.63, 3.8) is 0 Å². The number of amides is 3. The summed E-state index contributed by atoms with van der Waals surface area (Å²) in [5, 5.41) is 13.1. The molecule has 4 aromatic rings. The lowest BCUT2D eigenvalue weighted by Gasteiger charge is -2.10. The molecule has 1 aromatic heterocycles. The highest BCUT2D eigenvalue weighted by molar-refractivity contribution is 6.00. The molecule has 3 amide bonds. The summed E-state index contributed by atoms with van der Waals surface area (Å²) < 4.78 is 5.23. The number of carbonyl (C=O) groups is 2. The van der Waals surface area contributed by atoms with Crippen LogP contribution in [0.5, 0.6) is 0 Å². The van der Waals surface area contributed by atoms with Gasteiger partial charge in [-0.05, 0) is 42.5 Å². The Kier molecular flexibility index (Phi) is 5.20. The molecule has 0 radical (unpaired) electrons. The van der Waals surface area contributed by atoms with Crippen LogP contribution in [0.3, 0.4) is 0 Å². The number of rotatable bonds is 5. The molecule has 7 nitrogen and oxygen atoms in total. The number of hydrogen-bond acceptors (Lipinski definition) is 4. The van der Waals surface area contributed by atoms with Gasteiger partial charge < -0.3 is 20.5 Å². The van der Waals surface area contributed by atoms with E-state index in [1.165, 1.54) is 0 Å². The molecule has 4 rings (SSSR count). The van der Waals surface area contributed by atoms with Gasteiger partial charge in [0.2, 0.25) is 5.91 Å². The summed E-state index contributed by atoms with van der Waals surface area (Å²) in [7, 11) is 0. The lowest BCUT2D eigenvalue weighted by molar-refractivity contribution is -0.115. The van der Waals surface area contributed by atoms with E-state index >= 15 is 0 Å². The van der Waals surface area contributed by atoms with E-state index in [4.69, 9.17) is 4.52 Å². The summed E-state index contributed by atoms with van der Waals surface area (Å²) in [6.45, 7) is 0. The van der Waals surface area contributed by atoms with Crippen molar-refractivity contribution in [1.82, 2.24) is 5.16 Å². The van der Waals surface area contributed by atoms with Crippen molar-refractivity contribution in [2.45, 2.75) is 6.42 Å². The summed E-state index contributed by atoms with van der Waals surface area (Å²) in [6, 6.07) is 23.1. The molecule has 1 heterocycles. The van der Waals surface area contributed by atoms with Gasteiger partial charge in [-0.15, -0.1) is 0 Å². The largest absolute Gasteiger partial charge is 0.356 e. The van der Waals surface area contributed by atoms with E-state index in [2.05, 4.69) is 21.1 Å². The minimum Gasteiger partial charge on any atom is -0.356 e. The number of nitrogens with one attached hydrogen (secondary N) is 3. The van der Waals surface area contributed by atoms with Gasteiger partial charge in [-0.2, -0.15) is 0 Å². The standard InChI is InChI=1S/C22H18N4O3/c27-21(14-19-18-11-4-5-12-20(18)29-26-19)23-16-9-6-10-17(13-16)25-22(28)24-15-7-2-1-3-8-15/h1-13H,14H2,(H,23,27)(H2,24,25,28). The van der Waals surface area contributed by atoms with Crippen molar-refractivity contribution < 1.29 is 14.1 Å². The molecule has 0 fully saturated rings. The lowest BCUT2D eigenvalue weighted by Crippen LogP contribution is -2.19. The summed E-state index contributed by atoms with van der Waals surface area (Å²) >= 11 is 0. The molecular weight excluding hydrogens is 368 g/mol. The predicted octanol–water partition coefficient (Wildman–Crippen LogP) is 4.65. The number of hydrogen-bond donors (Lipinski definition) is 3. The molecule has 0 aliphatic carbocycles. The number of nitrogens with zero attached hydrogens (tertiary/aromatic N) is 1. The van der Waals surface area contributed by atoms with Crippen LogP contribution in [0.4, 0.5) is 21.9 Å². The summed E-state index contributed by atoms with van der Waals surface area (Å²) in [5.41, 5.74) is 3.04. The Bertz CT molecular complexity index is 1150. The maximum Gasteiger partial charge on any atom is 0.323 e. The maximum atomic E-state index is 12.4. The molecule has 7 heteroatoms. The van der Waals surface area contributed by atoms with E-state index < -0.39 is 0 Å². The van der Waals surface area contributed by atoms with Gasteiger partial charge in [0.1, 0.15) is 5.69 Å². The van der Waals surface area contributed by atoms with Gasteiger partial charge in [-0.25, -0.2) is 4.79 Å². The Morgan fingerprint density at radius 3 is 2.24 bits per heavy atom. The van der Waals surface area contributed by atoms with Gasteiger partial charge in [0.05, 0.1) is 6.42 Å². The number of urea groups is 1. The second-order valence-corrected chi connectivity index (χ2v) is 6.38. The number of carbonyl (C=O) groups excluding carboxylic acids is 2. The molecule has 0 atom stereocenters. The van der Waals surface area contributed by atoms with Crippen molar-refractivity contribution in [3.05, 3.63) is 84.6 Å². The van der Waals surface area contributed by atoms with E-state index in [1.54, 1.807) is 42.5 Å². The molecular formula is C22H18N4O3. The van der Waals surface area contributed by atoms with Crippen molar-refractivity contribution in [2.75, 3.05) is 16.0 Å². The Labute approximate surface area is 166 Å². The fourth-order valence-electron chi connectivity index (χ4n) is 2.91. The predicted molar refractivity (Wildman–Crippen MR) is 112 cm³/mol. The molecule has 0 spiro atoms. The fourth-order valence-corrected chi connectivity index (χ4v) is 2.91. The van der Waals surface area contributed by atoms with Crippen LogP contribution < -0.4 is 16.0 Å². The molecule has 144 valence electrons. The molecule has 0 aliphatic rings. The van der Waals surface area contributed by atoms with Gasteiger partial charge in [0, 0.05) is 22.4 Å². The lowest BCUT2D eigenvalue weighted by atomic mass is 10.1. The minimum absolute atomic E-state index is 0.0865. The van der Waals surface area contributed by atoms with Gasteiger partial charge >= 0.3 is 6.03 Å². The SMILES string of the molecule is O=C(Cc1noc2ccccc12)Nc1cccc(NC(=O)Nc2ccccc2)c1. The van der Waals surface area contributed by atoms with Crippen LogP contribution >= 0.6 is 0 Å². The van der Waals surface area contributed by atoms with Crippen molar-refractivity contribution in [3.8, 4) is 0 Å². The van der Waals surface area contributed by atoms with Crippen molar-refractivity contribution in [2.24, 2.45) is 0 Å². The normalized spacial score (nSPS) is 10.5. The van der Waals surface area contributed by atoms with E-state index in [1.807, 2.05) is 36.4 Å². The minimum atomic E-state index is -0.367. The summed E-state index contributed by atoms with van der Waals surface area (Å²) in [4.78, 5) is 24.5. The third-order valence-corrected chi connectivity index (χ3v) is 4.22. The maximum absolute atomic E-state index is 12.4. The number of fused-ring (bicyclic) bond motifs is 1. The second-order valence-electron chi connectivity index (χ2n) is 6.38. The molecule has 0 saturated carbocycles. The van der Waals surface area contributed by atoms with E-state index in [-0.39, 0.29) is 18.4 Å². The molecule has 0 bridgehead atoms. The number of anilines is 3. The van der Waals surface area contributed by atoms with Crippen LogP contribution in [0.25, 0.3) is 11.0 Å². The number of para-hydroxylation sites is 2. The van der Waals surface area contributed by atoms with Crippen LogP contribution in [-0.2, 0) is 11.2 Å². The first-order chi connectivity index (χ1) is 14.2. The van der Waals surface area contributed by atoms with Crippen LogP contribution in [0.2, 0.25) is 0 Å². The first kappa shape index (κ1) is 18.2. The Morgan fingerprint density at radius 1 is 0.759 bits per heavy atom. The average Bonchev–Trinajstić information content (AvgIpc) is 3.12. The zero-order valence-corrected chi connectivity index (χ0v) is 15.4. The van der Waals surface area contributed by atoms with Crippen LogP contribution in [0.15, 0.2) is 83.4 Å². The third kappa shape index (κ3) is 4.59. The van der Waals surface area contributed by atoms with E-state index in [0.717, 1.165) is 5.39 Å². The van der Waals surface area contributed by atoms with Crippen molar-refractivity contribution >= 4 is 40.0 Å². The second kappa shape index (κ2) is 8.26. The quantitative estimate of drug-likeness (QED) is 0.465. The Morgan fingerprint density at radius 2 is 1.41 bits per heavy atom. The molecule has 0 aliphatic heterocycles. The van der Waals surface area contributed by atoms with Crippen molar-refractivity contribution in [1.29, 1.82) is 0 Å². The zero-order valence-electron chi connectivity index (χ0n) is 15.4. The smallest absolute Gasteiger partial charge is 0.323 e. The molecule has 29 heavy (non-hydrogen) atoms. The molecule has 0 unspecified atom stereocenters. The highest BCUT2D eigenvalue weighted by Gasteiger charge is 2.12. The van der Waals surface area contributed by atoms with Crippen LogP contribution in [0, 0.1) is 0 Å². The zero-order chi connectivity index (χ0) is 20.1. The Hall–Kier alpha value is -4.13. The monoisotopic (exact) mass is 386 g/mol. The third-order valence-electron chi connectivity index (χ3n) is 4.22. The number of benzene rings is 3. The van der Waals surface area contributed by atoms with E-state index in [9.17, 15) is 9.59 Å². The van der Waals surface area contributed by atoms with Gasteiger partial charge in [-0.1, -0.05) is 41.6 Å². The molecule has 0 saturated heterocycles. The molecule has 3 N–H and O–H groups in total. The summed E-state index contributed by atoms with van der Waals surface area (Å²) in [6.07, 6.45) is 0.0865. The topological polar surface area (TPSA) is 96.3 Å². The first-order valence-corrected chi connectivity index (χ1v) is 9.04. The van der Waals surface area contributed by atoms with Gasteiger partial charge in [0.25, 0.3) is 0 Å². The number of aromatic nitrogens is 1. The fraction of sp³-hybridized carbons (Fsp3) is 0.0455. The summed E-state index contributed by atoms with van der Waals surface area (Å²) in [5.74, 6) is -0.227. The highest BCUT2D eigenvalue weighted by Crippen LogP contribution is 2.20. The molecule has 3 aromatic carbocycles. The highest BCUT2D eigenvalue weighted by atomic mass is 16.5. The Balaban J connectivity index is 1.38. The van der Waals surface area contributed by atoms with E-state index in [0.29, 0.717) is 28.3 Å². The average molecular weight is 386 g/mol.